The molecule has 0 saturated heterocycles. The van der Waals surface area contributed by atoms with Crippen molar-refractivity contribution in [3.8, 4) is 0 Å². The van der Waals surface area contributed by atoms with Crippen LogP contribution in [0.1, 0.15) is 47.9 Å². The van der Waals surface area contributed by atoms with Gasteiger partial charge in [-0.1, -0.05) is 62.4 Å². The van der Waals surface area contributed by atoms with Crippen molar-refractivity contribution in [2.45, 2.75) is 39.5 Å². The van der Waals surface area contributed by atoms with Crippen LogP contribution >= 0.6 is 0 Å². The molecule has 94 valence electrons. The van der Waals surface area contributed by atoms with Gasteiger partial charge in [-0.05, 0) is 47.9 Å². The van der Waals surface area contributed by atoms with E-state index in [1.54, 1.807) is 0 Å². The lowest BCUT2D eigenvalue weighted by Crippen LogP contribution is -2.07. The van der Waals surface area contributed by atoms with Crippen molar-refractivity contribution in [3.63, 3.8) is 0 Å². The van der Waals surface area contributed by atoms with Gasteiger partial charge in [0.2, 0.25) is 0 Å². The zero-order valence-electron chi connectivity index (χ0n) is 11.8. The maximum absolute atomic E-state index is 2.33. The number of aryl methyl sites for hydroxylation is 2. The summed E-state index contributed by atoms with van der Waals surface area (Å²) in [5.41, 5.74) is 5.72. The second-order valence-electron chi connectivity index (χ2n) is 5.29. The molecule has 2 aromatic carbocycles. The predicted molar refractivity (Wildman–Crippen MR) is 79.2 cm³/mol. The third-order valence-electron chi connectivity index (χ3n) is 4.11. The maximum atomic E-state index is 2.33. The van der Waals surface area contributed by atoms with E-state index in [-0.39, 0.29) is 0 Å². The van der Waals surface area contributed by atoms with Crippen LogP contribution < -0.4 is 0 Å². The Bertz CT molecular complexity index is 476. The van der Waals surface area contributed by atoms with Crippen molar-refractivity contribution in [1.29, 1.82) is 0 Å². The second kappa shape index (κ2) is 5.39. The second-order valence-corrected chi connectivity index (χ2v) is 5.29. The number of hydrogen-bond acceptors (Lipinski definition) is 0. The first-order valence-electron chi connectivity index (χ1n) is 6.72. The minimum absolute atomic E-state index is 0.548. The topological polar surface area (TPSA) is 0 Å². The Labute approximate surface area is 111 Å². The lowest BCUT2D eigenvalue weighted by atomic mass is 9.81. The van der Waals surface area contributed by atoms with Crippen LogP contribution in [0.4, 0.5) is 0 Å². The summed E-state index contributed by atoms with van der Waals surface area (Å²) < 4.78 is 0. The van der Waals surface area contributed by atoms with Gasteiger partial charge in [0.05, 0.1) is 0 Å². The van der Waals surface area contributed by atoms with Gasteiger partial charge >= 0.3 is 0 Å². The summed E-state index contributed by atoms with van der Waals surface area (Å²) in [6, 6.07) is 17.4. The van der Waals surface area contributed by atoms with Gasteiger partial charge in [-0.3, -0.25) is 0 Å². The third kappa shape index (κ3) is 2.48. The van der Waals surface area contributed by atoms with Crippen molar-refractivity contribution in [3.05, 3.63) is 70.8 Å². The predicted octanol–water partition coefficient (Wildman–Crippen LogP) is 5.21. The third-order valence-corrected chi connectivity index (χ3v) is 4.11. The highest BCUT2D eigenvalue weighted by molar-refractivity contribution is 5.35. The zero-order chi connectivity index (χ0) is 13.1. The van der Waals surface area contributed by atoms with Gasteiger partial charge in [-0.2, -0.15) is 0 Å². The van der Waals surface area contributed by atoms with Gasteiger partial charge in [0.15, 0.2) is 0 Å². The molecule has 0 N–H and O–H groups in total. The Balaban J connectivity index is 2.33. The summed E-state index contributed by atoms with van der Waals surface area (Å²) in [5.74, 6) is 1.10. The molecule has 0 aromatic heterocycles. The van der Waals surface area contributed by atoms with E-state index in [1.807, 2.05) is 0 Å². The van der Waals surface area contributed by atoms with Crippen molar-refractivity contribution < 1.29 is 0 Å². The molecule has 0 saturated carbocycles. The number of hydrogen-bond donors (Lipinski definition) is 0. The van der Waals surface area contributed by atoms with Gasteiger partial charge in [-0.25, -0.2) is 0 Å². The molecule has 0 radical (unpaired) electrons. The first-order chi connectivity index (χ1) is 8.61. The molecule has 0 aliphatic heterocycles. The summed E-state index contributed by atoms with van der Waals surface area (Å²) in [7, 11) is 0. The molecule has 2 aromatic rings. The summed E-state index contributed by atoms with van der Waals surface area (Å²) in [5, 5.41) is 0. The van der Waals surface area contributed by atoms with E-state index >= 15 is 0 Å². The van der Waals surface area contributed by atoms with Crippen LogP contribution in [0, 0.1) is 13.8 Å². The van der Waals surface area contributed by atoms with E-state index in [2.05, 4.69) is 76.2 Å². The molecule has 0 heterocycles. The first-order valence-corrected chi connectivity index (χ1v) is 6.72. The molecule has 0 nitrogen and oxygen atoms in total. The Kier molecular flexibility index (Phi) is 3.86. The molecule has 0 heteroatoms. The van der Waals surface area contributed by atoms with Crippen LogP contribution in [0.2, 0.25) is 0 Å². The van der Waals surface area contributed by atoms with Gasteiger partial charge in [-0.15, -0.1) is 0 Å². The summed E-state index contributed by atoms with van der Waals surface area (Å²) in [6.07, 6.45) is 0. The normalized spacial score (nSPS) is 14.2. The van der Waals surface area contributed by atoms with Crippen LogP contribution in [-0.2, 0) is 0 Å². The minimum Gasteiger partial charge on any atom is -0.0620 e. The average Bonchev–Trinajstić information content (AvgIpc) is 2.38. The summed E-state index contributed by atoms with van der Waals surface area (Å²) in [4.78, 5) is 0. The highest BCUT2D eigenvalue weighted by atomic mass is 14.2. The van der Waals surface area contributed by atoms with E-state index in [0.717, 1.165) is 0 Å². The molecule has 0 fully saturated rings. The Hall–Kier alpha value is -1.56. The van der Waals surface area contributed by atoms with Gasteiger partial charge in [0.25, 0.3) is 0 Å². The Morgan fingerprint density at radius 3 is 1.28 bits per heavy atom. The lowest BCUT2D eigenvalue weighted by molar-refractivity contribution is 0.617. The Morgan fingerprint density at radius 2 is 0.944 bits per heavy atom. The van der Waals surface area contributed by atoms with Gasteiger partial charge < -0.3 is 0 Å². The van der Waals surface area contributed by atoms with Crippen LogP contribution in [0.15, 0.2) is 48.5 Å². The highest BCUT2D eigenvalue weighted by Crippen LogP contribution is 2.34. The standard InChI is InChI=1S/C18H22/c1-13-9-5-7-11-17(13)15(3)16(4)18-12-8-6-10-14(18)2/h5-12,15-16H,1-4H3. The zero-order valence-corrected chi connectivity index (χ0v) is 11.8. The molecule has 0 spiro atoms. The first kappa shape index (κ1) is 12.9. The largest absolute Gasteiger partial charge is 0.0620 e. The van der Waals surface area contributed by atoms with Crippen molar-refractivity contribution >= 4 is 0 Å². The maximum Gasteiger partial charge on any atom is -0.0121 e. The summed E-state index contributed by atoms with van der Waals surface area (Å²) in [6.45, 7) is 9.08. The van der Waals surface area contributed by atoms with Crippen LogP contribution in [-0.4, -0.2) is 0 Å². The van der Waals surface area contributed by atoms with E-state index in [1.165, 1.54) is 22.3 Å². The lowest BCUT2D eigenvalue weighted by Gasteiger charge is -2.24. The molecule has 2 atom stereocenters. The van der Waals surface area contributed by atoms with Crippen molar-refractivity contribution in [2.75, 3.05) is 0 Å². The molecule has 0 bridgehead atoms. The molecule has 0 aliphatic rings. The van der Waals surface area contributed by atoms with E-state index in [4.69, 9.17) is 0 Å². The molecule has 2 unspecified atom stereocenters. The average molecular weight is 238 g/mol. The van der Waals surface area contributed by atoms with Crippen molar-refractivity contribution in [1.82, 2.24) is 0 Å². The van der Waals surface area contributed by atoms with Crippen LogP contribution in [0.3, 0.4) is 0 Å². The van der Waals surface area contributed by atoms with E-state index in [0.29, 0.717) is 11.8 Å². The highest BCUT2D eigenvalue weighted by Gasteiger charge is 2.18. The van der Waals surface area contributed by atoms with Gasteiger partial charge in [0, 0.05) is 0 Å². The number of benzene rings is 2. The molecular weight excluding hydrogens is 216 g/mol. The minimum atomic E-state index is 0.548. The monoisotopic (exact) mass is 238 g/mol. The summed E-state index contributed by atoms with van der Waals surface area (Å²) >= 11 is 0. The quantitative estimate of drug-likeness (QED) is 0.688. The van der Waals surface area contributed by atoms with E-state index in [9.17, 15) is 0 Å². The fourth-order valence-electron chi connectivity index (χ4n) is 2.73. The fraction of sp³-hybridized carbons (Fsp3) is 0.333. The van der Waals surface area contributed by atoms with Crippen molar-refractivity contribution in [2.24, 2.45) is 0 Å². The molecule has 0 amide bonds. The molecule has 18 heavy (non-hydrogen) atoms. The SMILES string of the molecule is Cc1ccccc1C(C)C(C)c1ccccc1C. The van der Waals surface area contributed by atoms with E-state index < -0.39 is 0 Å². The van der Waals surface area contributed by atoms with Gasteiger partial charge in [0.1, 0.15) is 0 Å². The Morgan fingerprint density at radius 1 is 0.611 bits per heavy atom. The molecule has 2 rings (SSSR count). The molecule has 0 aliphatic carbocycles. The van der Waals surface area contributed by atoms with Crippen LogP contribution in [0.5, 0.6) is 0 Å². The smallest absolute Gasteiger partial charge is 0.0121 e. The molecular formula is C18H22. The number of rotatable bonds is 3. The van der Waals surface area contributed by atoms with Crippen LogP contribution in [0.25, 0.3) is 0 Å². The fourth-order valence-corrected chi connectivity index (χ4v) is 2.73.